The number of halogens is 1. The van der Waals surface area contributed by atoms with Gasteiger partial charge in [-0.1, -0.05) is 67.1 Å². The Kier molecular flexibility index (Phi) is 13.6. The first-order chi connectivity index (χ1) is 18.2. The molecule has 3 aromatic rings. The Labute approximate surface area is 233 Å². The van der Waals surface area contributed by atoms with Crippen molar-refractivity contribution in [3.8, 4) is 0 Å². The molecular weight excluding hydrogens is 539 g/mol. The first kappa shape index (κ1) is 29.8. The van der Waals surface area contributed by atoms with Gasteiger partial charge in [-0.25, -0.2) is 0 Å². The Balaban J connectivity index is 1.43. The van der Waals surface area contributed by atoms with Crippen LogP contribution in [0.3, 0.4) is 0 Å². The van der Waals surface area contributed by atoms with Gasteiger partial charge >= 0.3 is 0 Å². The fraction of sp³-hybridized carbons (Fsp3) is 0.394. The molecule has 0 bridgehead atoms. The van der Waals surface area contributed by atoms with Crippen LogP contribution in [0.2, 0.25) is 0 Å². The smallest absolute Gasteiger partial charge is 0.181 e. The minimum Gasteiger partial charge on any atom is -0.353 e. The third-order valence-electron chi connectivity index (χ3n) is 6.53. The van der Waals surface area contributed by atoms with Gasteiger partial charge in [0, 0.05) is 13.2 Å². The van der Waals surface area contributed by atoms with Crippen LogP contribution < -0.4 is 15.9 Å². The molecule has 0 spiro atoms. The van der Waals surface area contributed by atoms with Gasteiger partial charge in [0.05, 0.1) is 0 Å². The summed E-state index contributed by atoms with van der Waals surface area (Å²) in [6.45, 7) is 5.49. The molecule has 3 rings (SSSR count). The van der Waals surface area contributed by atoms with E-state index in [2.05, 4.69) is 113 Å². The molecule has 0 aliphatic rings. The number of allylic oxidation sites excluding steroid dienone is 2. The Bertz CT molecular complexity index is 976. The lowest BCUT2D eigenvalue weighted by molar-refractivity contribution is -0.140. The standard InChI is InChI=1S/C33H43BrO2P/c1-3-35-33(36-4-2)24-18-10-8-6-5-7-9-13-19-29-25-27-32(28-26-29)37(34,30-20-14-11-15-21-30)31-22-16-12-17-23-31/h5,7,11-12,14-17,20-23,25-28,33H,3-4,6,8-10,13,18-19,24H2,1-2H3/q+1/b7-5+. The van der Waals surface area contributed by atoms with Crippen molar-refractivity contribution < 1.29 is 9.47 Å². The van der Waals surface area contributed by atoms with E-state index in [9.17, 15) is 0 Å². The van der Waals surface area contributed by atoms with Gasteiger partial charge in [-0.15, -0.1) is 0 Å². The molecule has 0 saturated carbocycles. The van der Waals surface area contributed by atoms with Crippen molar-refractivity contribution in [2.75, 3.05) is 13.2 Å². The van der Waals surface area contributed by atoms with Gasteiger partial charge < -0.3 is 9.47 Å². The third-order valence-corrected chi connectivity index (χ3v) is 13.2. The predicted molar refractivity (Wildman–Crippen MR) is 166 cm³/mol. The molecule has 4 heteroatoms. The van der Waals surface area contributed by atoms with Crippen molar-refractivity contribution in [2.45, 2.75) is 71.5 Å². The van der Waals surface area contributed by atoms with Gasteiger partial charge in [0.2, 0.25) is 0 Å². The van der Waals surface area contributed by atoms with Gasteiger partial charge in [-0.05, 0) is 101 Å². The van der Waals surface area contributed by atoms with E-state index in [1.165, 1.54) is 53.6 Å². The second kappa shape index (κ2) is 16.9. The molecular formula is C33H43BrO2P+. The summed E-state index contributed by atoms with van der Waals surface area (Å²) >= 11 is 4.25. The van der Waals surface area contributed by atoms with Gasteiger partial charge in [0.1, 0.15) is 15.9 Å². The predicted octanol–water partition coefficient (Wildman–Crippen LogP) is 8.52. The molecule has 0 aliphatic heterocycles. The highest BCUT2D eigenvalue weighted by Crippen LogP contribution is 2.62. The molecule has 0 aliphatic carbocycles. The molecule has 0 heterocycles. The van der Waals surface area contributed by atoms with Crippen LogP contribution in [0, 0.1) is 0 Å². The van der Waals surface area contributed by atoms with Gasteiger partial charge in [0.25, 0.3) is 0 Å². The molecule has 0 amide bonds. The van der Waals surface area contributed by atoms with E-state index in [1.54, 1.807) is 0 Å². The van der Waals surface area contributed by atoms with Crippen LogP contribution in [0.15, 0.2) is 97.1 Å². The van der Waals surface area contributed by atoms with Crippen LogP contribution >= 0.6 is 21.5 Å². The Hall–Kier alpha value is -1.77. The molecule has 0 atom stereocenters. The molecule has 198 valence electrons. The van der Waals surface area contributed by atoms with Gasteiger partial charge in [-0.2, -0.15) is 0 Å². The van der Waals surface area contributed by atoms with E-state index in [0.717, 1.165) is 32.5 Å². The number of unbranched alkanes of at least 4 members (excludes halogenated alkanes) is 4. The highest BCUT2D eigenvalue weighted by Gasteiger charge is 2.43. The summed E-state index contributed by atoms with van der Waals surface area (Å²) < 4.78 is 11.2. The zero-order valence-electron chi connectivity index (χ0n) is 22.5. The molecule has 0 unspecified atom stereocenters. The highest BCUT2D eigenvalue weighted by molar-refractivity contribution is 9.44. The maximum absolute atomic E-state index is 5.62. The Morgan fingerprint density at radius 2 is 1.16 bits per heavy atom. The Morgan fingerprint density at radius 1 is 0.649 bits per heavy atom. The average Bonchev–Trinajstić information content (AvgIpc) is 2.95. The third kappa shape index (κ3) is 9.48. The lowest BCUT2D eigenvalue weighted by atomic mass is 10.1. The number of aryl methyl sites for hydroxylation is 1. The van der Waals surface area contributed by atoms with Crippen molar-refractivity contribution in [1.29, 1.82) is 0 Å². The Morgan fingerprint density at radius 3 is 1.70 bits per heavy atom. The van der Waals surface area contributed by atoms with Crippen LogP contribution in [-0.2, 0) is 15.9 Å². The number of hydrogen-bond donors (Lipinski definition) is 0. The van der Waals surface area contributed by atoms with Crippen molar-refractivity contribution in [2.24, 2.45) is 0 Å². The summed E-state index contributed by atoms with van der Waals surface area (Å²) in [6.07, 6.45) is 13.9. The normalized spacial score (nSPS) is 12.0. The first-order valence-electron chi connectivity index (χ1n) is 13.9. The zero-order valence-corrected chi connectivity index (χ0v) is 25.0. The maximum Gasteiger partial charge on any atom is 0.181 e. The van der Waals surface area contributed by atoms with E-state index in [4.69, 9.17) is 9.47 Å². The summed E-state index contributed by atoms with van der Waals surface area (Å²) in [6, 6.07) is 31.0. The van der Waals surface area contributed by atoms with Crippen LogP contribution in [0.4, 0.5) is 0 Å². The van der Waals surface area contributed by atoms with Crippen molar-refractivity contribution in [1.82, 2.24) is 0 Å². The molecule has 0 aromatic heterocycles. The van der Waals surface area contributed by atoms with E-state index in [0.29, 0.717) is 0 Å². The minimum atomic E-state index is -1.82. The molecule has 3 aromatic carbocycles. The van der Waals surface area contributed by atoms with E-state index >= 15 is 0 Å². The van der Waals surface area contributed by atoms with Crippen molar-refractivity contribution >= 4 is 37.4 Å². The number of rotatable bonds is 17. The lowest BCUT2D eigenvalue weighted by Crippen LogP contribution is -2.26. The van der Waals surface area contributed by atoms with Crippen LogP contribution in [0.25, 0.3) is 0 Å². The van der Waals surface area contributed by atoms with Crippen LogP contribution in [-0.4, -0.2) is 19.5 Å². The fourth-order valence-corrected chi connectivity index (χ4v) is 9.33. The second-order valence-corrected chi connectivity index (χ2v) is 15.2. The second-order valence-electron chi connectivity index (χ2n) is 9.27. The largest absolute Gasteiger partial charge is 0.353 e. The van der Waals surface area contributed by atoms with E-state index < -0.39 is 5.96 Å². The number of hydrogen-bond acceptors (Lipinski definition) is 2. The van der Waals surface area contributed by atoms with E-state index in [1.807, 2.05) is 13.8 Å². The quantitative estimate of drug-likeness (QED) is 0.0688. The molecule has 2 nitrogen and oxygen atoms in total. The summed E-state index contributed by atoms with van der Waals surface area (Å²) in [4.78, 5) is 0. The summed E-state index contributed by atoms with van der Waals surface area (Å²) in [5.74, 6) is -1.82. The summed E-state index contributed by atoms with van der Waals surface area (Å²) in [7, 11) is 0. The SMILES string of the molecule is CCOC(CCCCC/C=C/CCCc1ccc([P+](Br)(c2ccccc2)c2ccccc2)cc1)OCC. The minimum absolute atomic E-state index is 0.0240. The van der Waals surface area contributed by atoms with Crippen molar-refractivity contribution in [3.63, 3.8) is 0 Å². The average molecular weight is 583 g/mol. The van der Waals surface area contributed by atoms with Gasteiger partial charge in [-0.3, -0.25) is 0 Å². The number of ether oxygens (including phenoxy) is 2. The lowest BCUT2D eigenvalue weighted by Gasteiger charge is -2.20. The van der Waals surface area contributed by atoms with E-state index in [-0.39, 0.29) is 6.29 Å². The summed E-state index contributed by atoms with van der Waals surface area (Å²) in [5, 5.41) is 4.06. The molecule has 0 radical (unpaired) electrons. The topological polar surface area (TPSA) is 18.5 Å². The maximum atomic E-state index is 5.62. The zero-order chi connectivity index (χ0) is 26.2. The molecule has 37 heavy (non-hydrogen) atoms. The first-order valence-corrected chi connectivity index (χ1v) is 17.7. The summed E-state index contributed by atoms with van der Waals surface area (Å²) in [5.41, 5.74) is 1.41. The monoisotopic (exact) mass is 581 g/mol. The highest BCUT2D eigenvalue weighted by atomic mass is 79.9. The molecule has 0 N–H and O–H groups in total. The van der Waals surface area contributed by atoms with Crippen molar-refractivity contribution in [3.05, 3.63) is 103 Å². The molecule has 0 fully saturated rings. The van der Waals surface area contributed by atoms with Gasteiger partial charge in [0.15, 0.2) is 27.7 Å². The molecule has 0 saturated heterocycles. The fourth-order valence-electron chi connectivity index (χ4n) is 4.58. The number of benzene rings is 3. The van der Waals surface area contributed by atoms with Crippen LogP contribution in [0.1, 0.15) is 64.4 Å². The van der Waals surface area contributed by atoms with Crippen LogP contribution in [0.5, 0.6) is 0 Å².